The number of nitrogens with zero attached hydrogens (tertiary/aromatic N) is 1. The third-order valence-corrected chi connectivity index (χ3v) is 4.35. The molecule has 2 N–H and O–H groups in total. The maximum atomic E-state index is 12.3. The molecular weight excluding hydrogens is 292 g/mol. The molecule has 1 saturated heterocycles. The number of aliphatic hydroxyl groups is 1. The summed E-state index contributed by atoms with van der Waals surface area (Å²) in [4.78, 5) is 25.5. The van der Waals surface area contributed by atoms with Gasteiger partial charge in [-0.25, -0.2) is 0 Å². The van der Waals surface area contributed by atoms with Gasteiger partial charge >= 0.3 is 0 Å². The van der Waals surface area contributed by atoms with Crippen molar-refractivity contribution in [2.24, 2.45) is 0 Å². The number of benzene rings is 1. The van der Waals surface area contributed by atoms with E-state index in [4.69, 9.17) is 0 Å². The Kier molecular flexibility index (Phi) is 5.42. The van der Waals surface area contributed by atoms with Crippen LogP contribution in [0.2, 0.25) is 0 Å². The van der Waals surface area contributed by atoms with E-state index in [2.05, 4.69) is 5.32 Å². The number of carbonyl (C=O) groups excluding carboxylic acids is 2. The van der Waals surface area contributed by atoms with Crippen LogP contribution in [-0.4, -0.2) is 47.1 Å². The molecule has 0 aromatic heterocycles. The molecule has 0 saturated carbocycles. The van der Waals surface area contributed by atoms with Crippen molar-refractivity contribution >= 4 is 11.8 Å². The largest absolute Gasteiger partial charge is 0.390 e. The molecule has 23 heavy (non-hydrogen) atoms. The van der Waals surface area contributed by atoms with Crippen LogP contribution >= 0.6 is 0 Å². The number of amides is 2. The van der Waals surface area contributed by atoms with Gasteiger partial charge in [-0.1, -0.05) is 12.1 Å². The first-order chi connectivity index (χ1) is 10.8. The number of hydrogen-bond acceptors (Lipinski definition) is 3. The summed E-state index contributed by atoms with van der Waals surface area (Å²) in [6, 6.07) is 7.56. The summed E-state index contributed by atoms with van der Waals surface area (Å²) in [5.74, 6) is 0.0146. The zero-order valence-corrected chi connectivity index (χ0v) is 14.1. The Labute approximate surface area is 137 Å². The fraction of sp³-hybridized carbons (Fsp3) is 0.556. The zero-order chi connectivity index (χ0) is 17.0. The first-order valence-corrected chi connectivity index (χ1v) is 8.11. The topological polar surface area (TPSA) is 69.6 Å². The highest BCUT2D eigenvalue weighted by atomic mass is 16.3. The number of nitrogens with one attached hydrogen (secondary N) is 1. The SMILES string of the molecule is CN1C(=O)CC[C@H]1CNC(=O)c1cccc(CCC(C)(C)O)c1. The van der Waals surface area contributed by atoms with Gasteiger partial charge in [-0.3, -0.25) is 9.59 Å². The van der Waals surface area contributed by atoms with Crippen LogP contribution in [0.3, 0.4) is 0 Å². The van der Waals surface area contributed by atoms with Gasteiger partial charge in [0.2, 0.25) is 5.91 Å². The number of aryl methyl sites for hydroxylation is 1. The Morgan fingerprint density at radius 1 is 1.43 bits per heavy atom. The molecule has 0 spiro atoms. The van der Waals surface area contributed by atoms with Crippen molar-refractivity contribution in [3.63, 3.8) is 0 Å². The van der Waals surface area contributed by atoms with Crippen LogP contribution in [0.15, 0.2) is 24.3 Å². The second-order valence-corrected chi connectivity index (χ2v) is 6.92. The van der Waals surface area contributed by atoms with Crippen LogP contribution in [0.1, 0.15) is 49.0 Å². The number of rotatable bonds is 6. The molecule has 1 aromatic carbocycles. The lowest BCUT2D eigenvalue weighted by molar-refractivity contribution is -0.127. The van der Waals surface area contributed by atoms with Crippen LogP contribution in [0.5, 0.6) is 0 Å². The highest BCUT2D eigenvalue weighted by Crippen LogP contribution is 2.16. The molecule has 0 unspecified atom stereocenters. The standard InChI is InChI=1S/C18H26N2O3/c1-18(2,23)10-9-13-5-4-6-14(11-13)17(22)19-12-15-7-8-16(21)20(15)3/h4-6,11,15,23H,7-10,12H2,1-3H3,(H,19,22)/t15-/m0/s1. The van der Waals surface area contributed by atoms with Crippen molar-refractivity contribution in [1.82, 2.24) is 10.2 Å². The third-order valence-electron chi connectivity index (χ3n) is 4.35. The highest BCUT2D eigenvalue weighted by Gasteiger charge is 2.27. The second kappa shape index (κ2) is 7.13. The Bertz CT molecular complexity index is 578. The van der Waals surface area contributed by atoms with Gasteiger partial charge in [0.15, 0.2) is 0 Å². The van der Waals surface area contributed by atoms with Gasteiger partial charge in [0.1, 0.15) is 0 Å². The molecule has 0 bridgehead atoms. The smallest absolute Gasteiger partial charge is 0.251 e. The predicted molar refractivity (Wildman–Crippen MR) is 89.2 cm³/mol. The Morgan fingerprint density at radius 2 is 2.17 bits per heavy atom. The highest BCUT2D eigenvalue weighted by molar-refractivity contribution is 5.94. The van der Waals surface area contributed by atoms with Crippen molar-refractivity contribution in [3.05, 3.63) is 35.4 Å². The van der Waals surface area contributed by atoms with Crippen molar-refractivity contribution in [2.75, 3.05) is 13.6 Å². The van der Waals surface area contributed by atoms with Gasteiger partial charge in [-0.05, 0) is 50.8 Å². The monoisotopic (exact) mass is 318 g/mol. The van der Waals surface area contributed by atoms with Crippen LogP contribution in [-0.2, 0) is 11.2 Å². The molecule has 126 valence electrons. The summed E-state index contributed by atoms with van der Waals surface area (Å²) in [6.45, 7) is 4.04. The van der Waals surface area contributed by atoms with E-state index >= 15 is 0 Å². The first-order valence-electron chi connectivity index (χ1n) is 8.11. The lowest BCUT2D eigenvalue weighted by Crippen LogP contribution is -2.39. The van der Waals surface area contributed by atoms with Crippen LogP contribution in [0, 0.1) is 0 Å². The average molecular weight is 318 g/mol. The Morgan fingerprint density at radius 3 is 2.78 bits per heavy atom. The second-order valence-electron chi connectivity index (χ2n) is 6.92. The zero-order valence-electron chi connectivity index (χ0n) is 14.1. The fourth-order valence-electron chi connectivity index (χ4n) is 2.73. The maximum absolute atomic E-state index is 12.3. The van der Waals surface area contributed by atoms with E-state index in [1.165, 1.54) is 0 Å². The van der Waals surface area contributed by atoms with E-state index in [1.807, 2.05) is 18.2 Å². The molecule has 5 nitrogen and oxygen atoms in total. The molecule has 5 heteroatoms. The lowest BCUT2D eigenvalue weighted by Gasteiger charge is -2.20. The van der Waals surface area contributed by atoms with Gasteiger partial charge in [0, 0.05) is 31.6 Å². The van der Waals surface area contributed by atoms with E-state index < -0.39 is 5.60 Å². The van der Waals surface area contributed by atoms with E-state index in [-0.39, 0.29) is 17.9 Å². The molecule has 0 radical (unpaired) electrons. The summed E-state index contributed by atoms with van der Waals surface area (Å²) in [6.07, 6.45) is 2.72. The van der Waals surface area contributed by atoms with E-state index in [1.54, 1.807) is 31.9 Å². The number of carbonyl (C=O) groups is 2. The first kappa shape index (κ1) is 17.5. The number of hydrogen-bond donors (Lipinski definition) is 2. The molecule has 0 aliphatic carbocycles. The molecule has 2 amide bonds. The van der Waals surface area contributed by atoms with Crippen LogP contribution in [0.25, 0.3) is 0 Å². The minimum Gasteiger partial charge on any atom is -0.390 e. The van der Waals surface area contributed by atoms with Crippen LogP contribution in [0.4, 0.5) is 0 Å². The molecule has 1 heterocycles. The van der Waals surface area contributed by atoms with Gasteiger partial charge in [0.05, 0.1) is 5.60 Å². The Balaban J connectivity index is 1.90. The summed E-state index contributed by atoms with van der Waals surface area (Å²) >= 11 is 0. The van der Waals surface area contributed by atoms with Gasteiger partial charge < -0.3 is 15.3 Å². The van der Waals surface area contributed by atoms with Crippen molar-refractivity contribution in [1.29, 1.82) is 0 Å². The molecular formula is C18H26N2O3. The maximum Gasteiger partial charge on any atom is 0.251 e. The van der Waals surface area contributed by atoms with Crippen molar-refractivity contribution < 1.29 is 14.7 Å². The Hall–Kier alpha value is -1.88. The van der Waals surface area contributed by atoms with Gasteiger partial charge in [0.25, 0.3) is 5.91 Å². The van der Waals surface area contributed by atoms with Crippen molar-refractivity contribution in [2.45, 2.75) is 51.2 Å². The van der Waals surface area contributed by atoms with Crippen LogP contribution < -0.4 is 5.32 Å². The normalized spacial score (nSPS) is 18.3. The predicted octanol–water partition coefficient (Wildman–Crippen LogP) is 1.74. The lowest BCUT2D eigenvalue weighted by atomic mass is 9.98. The quantitative estimate of drug-likeness (QED) is 0.839. The average Bonchev–Trinajstić information content (AvgIpc) is 2.82. The molecule has 1 aliphatic heterocycles. The molecule has 1 aromatic rings. The minimum atomic E-state index is -0.710. The summed E-state index contributed by atoms with van der Waals surface area (Å²) in [7, 11) is 1.78. The minimum absolute atomic E-state index is 0.0878. The molecule has 2 rings (SSSR count). The third kappa shape index (κ3) is 5.06. The molecule has 1 fully saturated rings. The van der Waals surface area contributed by atoms with Gasteiger partial charge in [-0.2, -0.15) is 0 Å². The fourth-order valence-corrected chi connectivity index (χ4v) is 2.73. The summed E-state index contributed by atoms with van der Waals surface area (Å²) < 4.78 is 0. The molecule has 1 atom stereocenters. The van der Waals surface area contributed by atoms with Gasteiger partial charge in [-0.15, -0.1) is 0 Å². The number of likely N-dealkylation sites (N-methyl/N-ethyl adjacent to an activating group) is 1. The van der Waals surface area contributed by atoms with E-state index in [0.29, 0.717) is 24.9 Å². The van der Waals surface area contributed by atoms with E-state index in [0.717, 1.165) is 18.4 Å². The number of likely N-dealkylation sites (tertiary alicyclic amines) is 1. The molecule has 1 aliphatic rings. The summed E-state index contributed by atoms with van der Waals surface area (Å²) in [5.41, 5.74) is 0.941. The summed E-state index contributed by atoms with van der Waals surface area (Å²) in [5, 5.41) is 12.7. The van der Waals surface area contributed by atoms with Crippen molar-refractivity contribution in [3.8, 4) is 0 Å². The van der Waals surface area contributed by atoms with E-state index in [9.17, 15) is 14.7 Å².